The van der Waals surface area contributed by atoms with Gasteiger partial charge >= 0.3 is 0 Å². The lowest BCUT2D eigenvalue weighted by Crippen LogP contribution is -2.32. The predicted molar refractivity (Wildman–Crippen MR) is 83.3 cm³/mol. The quantitative estimate of drug-likeness (QED) is 0.850. The van der Waals surface area contributed by atoms with Gasteiger partial charge in [-0.3, -0.25) is 0 Å². The molecule has 1 saturated heterocycles. The highest BCUT2D eigenvalue weighted by molar-refractivity contribution is 7.91. The molecule has 2 aromatic rings. The Morgan fingerprint density at radius 2 is 2.09 bits per heavy atom. The van der Waals surface area contributed by atoms with Gasteiger partial charge in [-0.05, 0) is 33.1 Å². The van der Waals surface area contributed by atoms with E-state index in [4.69, 9.17) is 0 Å². The molecule has 1 aliphatic rings. The van der Waals surface area contributed by atoms with Crippen LogP contribution < -0.4 is 0 Å². The summed E-state index contributed by atoms with van der Waals surface area (Å²) in [6.45, 7) is 4.64. The van der Waals surface area contributed by atoms with Crippen LogP contribution in [0.3, 0.4) is 0 Å². The second kappa shape index (κ2) is 6.05. The van der Waals surface area contributed by atoms with Crippen LogP contribution in [0.2, 0.25) is 0 Å². The number of rotatable bonds is 3. The minimum atomic E-state index is -3.44. The van der Waals surface area contributed by atoms with E-state index >= 15 is 0 Å². The molecule has 2 aromatic heterocycles. The van der Waals surface area contributed by atoms with Crippen molar-refractivity contribution in [2.45, 2.75) is 43.4 Å². The number of aromatic nitrogens is 4. The van der Waals surface area contributed by atoms with Crippen LogP contribution in [0.5, 0.6) is 0 Å². The first kappa shape index (κ1) is 15.6. The van der Waals surface area contributed by atoms with E-state index in [9.17, 15) is 8.42 Å². The zero-order valence-corrected chi connectivity index (χ0v) is 14.3. The largest absolute Gasteiger partial charge is 0.254 e. The normalized spacial score (nSPS) is 20.9. The molecule has 9 heteroatoms. The minimum absolute atomic E-state index is 0.215. The summed E-state index contributed by atoms with van der Waals surface area (Å²) in [5.41, 5.74) is 0.597. The van der Waals surface area contributed by atoms with E-state index in [0.29, 0.717) is 23.0 Å². The summed E-state index contributed by atoms with van der Waals surface area (Å²) in [7, 11) is -3.44. The zero-order chi connectivity index (χ0) is 15.7. The smallest absolute Gasteiger partial charge is 0.249 e. The Kier molecular flexibility index (Phi) is 4.28. The van der Waals surface area contributed by atoms with Crippen molar-refractivity contribution >= 4 is 21.4 Å². The topological polar surface area (TPSA) is 81.0 Å². The van der Waals surface area contributed by atoms with E-state index < -0.39 is 10.0 Å². The van der Waals surface area contributed by atoms with E-state index in [0.717, 1.165) is 24.3 Å². The van der Waals surface area contributed by atoms with Crippen LogP contribution in [-0.2, 0) is 10.0 Å². The summed E-state index contributed by atoms with van der Waals surface area (Å²) in [6.07, 6.45) is 5.98. The van der Waals surface area contributed by atoms with Crippen LogP contribution >= 0.6 is 11.3 Å². The fourth-order valence-corrected chi connectivity index (χ4v) is 5.95. The fraction of sp³-hybridized carbons (Fsp3) is 0.615. The highest BCUT2D eigenvalue weighted by Gasteiger charge is 2.31. The minimum Gasteiger partial charge on any atom is -0.249 e. The summed E-state index contributed by atoms with van der Waals surface area (Å²) in [4.78, 5) is 4.24. The Bertz CT molecular complexity index is 739. The Hall–Kier alpha value is -1.32. The first-order chi connectivity index (χ1) is 10.5. The number of aryl methyl sites for hydroxylation is 2. The van der Waals surface area contributed by atoms with Gasteiger partial charge in [0, 0.05) is 19.3 Å². The molecule has 22 heavy (non-hydrogen) atoms. The predicted octanol–water partition coefficient (Wildman–Crippen LogP) is 1.77. The van der Waals surface area contributed by atoms with E-state index in [1.165, 1.54) is 11.3 Å². The molecule has 0 aliphatic carbocycles. The first-order valence-electron chi connectivity index (χ1n) is 7.28. The Morgan fingerprint density at radius 1 is 1.27 bits per heavy atom. The van der Waals surface area contributed by atoms with E-state index in [-0.39, 0.29) is 6.04 Å². The molecule has 7 nitrogen and oxygen atoms in total. The fourth-order valence-electron chi connectivity index (χ4n) is 2.84. The average molecular weight is 341 g/mol. The van der Waals surface area contributed by atoms with E-state index in [1.54, 1.807) is 17.4 Å². The Balaban J connectivity index is 1.79. The van der Waals surface area contributed by atoms with Crippen molar-refractivity contribution in [3.63, 3.8) is 0 Å². The molecule has 0 N–H and O–H groups in total. The third-order valence-corrected chi connectivity index (χ3v) is 7.47. The standard InChI is InChI=1S/C13H19N5O2S2/c1-10-13(21-11(2)15-10)22(19,20)17-7-3-4-12(5-8-17)18-9-6-14-16-18/h6,9,12H,3-5,7-8H2,1-2H3. The molecule has 3 heterocycles. The van der Waals surface area contributed by atoms with Crippen molar-refractivity contribution in [1.82, 2.24) is 24.3 Å². The molecule has 0 bridgehead atoms. The SMILES string of the molecule is Cc1nc(C)c(S(=O)(=O)N2CCCC(n3ccnn3)CC2)s1. The first-order valence-corrected chi connectivity index (χ1v) is 9.54. The lowest BCUT2D eigenvalue weighted by molar-refractivity contribution is 0.386. The van der Waals surface area contributed by atoms with Crippen LogP contribution in [0.4, 0.5) is 0 Å². The monoisotopic (exact) mass is 341 g/mol. The van der Waals surface area contributed by atoms with Crippen molar-refractivity contribution in [3.05, 3.63) is 23.1 Å². The van der Waals surface area contributed by atoms with Crippen molar-refractivity contribution in [2.75, 3.05) is 13.1 Å². The van der Waals surface area contributed by atoms with Crippen molar-refractivity contribution in [2.24, 2.45) is 0 Å². The van der Waals surface area contributed by atoms with Crippen LogP contribution in [0.25, 0.3) is 0 Å². The maximum absolute atomic E-state index is 12.8. The second-order valence-corrected chi connectivity index (χ2v) is 8.81. The van der Waals surface area contributed by atoms with Gasteiger partial charge < -0.3 is 0 Å². The molecule has 1 aliphatic heterocycles. The van der Waals surface area contributed by atoms with Gasteiger partial charge in [0.05, 0.1) is 22.9 Å². The summed E-state index contributed by atoms with van der Waals surface area (Å²) in [5.74, 6) is 0. The summed E-state index contributed by atoms with van der Waals surface area (Å²) in [6, 6.07) is 0.215. The Labute approximate surface area is 134 Å². The summed E-state index contributed by atoms with van der Waals surface area (Å²) >= 11 is 1.25. The number of thiazole rings is 1. The summed E-state index contributed by atoms with van der Waals surface area (Å²) < 4.78 is 29.5. The van der Waals surface area contributed by atoms with Gasteiger partial charge in [0.1, 0.15) is 0 Å². The van der Waals surface area contributed by atoms with E-state index in [1.807, 2.05) is 17.8 Å². The molecule has 1 unspecified atom stereocenters. The van der Waals surface area contributed by atoms with Crippen LogP contribution in [-0.4, -0.2) is 45.8 Å². The van der Waals surface area contributed by atoms with Crippen LogP contribution in [0.15, 0.2) is 16.6 Å². The van der Waals surface area contributed by atoms with Gasteiger partial charge in [-0.15, -0.1) is 16.4 Å². The molecule has 120 valence electrons. The average Bonchev–Trinajstić information content (AvgIpc) is 3.03. The maximum Gasteiger partial charge on any atom is 0.254 e. The van der Waals surface area contributed by atoms with Crippen LogP contribution in [0.1, 0.15) is 36.0 Å². The maximum atomic E-state index is 12.8. The second-order valence-electron chi connectivity index (χ2n) is 5.48. The van der Waals surface area contributed by atoms with Crippen molar-refractivity contribution < 1.29 is 8.42 Å². The lowest BCUT2D eigenvalue weighted by Gasteiger charge is -2.19. The Morgan fingerprint density at radius 3 is 2.73 bits per heavy atom. The van der Waals surface area contributed by atoms with Crippen molar-refractivity contribution in [1.29, 1.82) is 0 Å². The third kappa shape index (κ3) is 2.92. The molecular formula is C13H19N5O2S2. The van der Waals surface area contributed by atoms with Crippen LogP contribution in [0, 0.1) is 13.8 Å². The van der Waals surface area contributed by atoms with Gasteiger partial charge in [-0.1, -0.05) is 5.21 Å². The van der Waals surface area contributed by atoms with Gasteiger partial charge in [-0.2, -0.15) is 4.31 Å². The molecule has 0 saturated carbocycles. The van der Waals surface area contributed by atoms with Crippen molar-refractivity contribution in [3.8, 4) is 0 Å². The molecular weight excluding hydrogens is 322 g/mol. The molecule has 0 radical (unpaired) electrons. The number of sulfonamides is 1. The molecule has 1 atom stereocenters. The zero-order valence-electron chi connectivity index (χ0n) is 12.6. The molecule has 1 fully saturated rings. The van der Waals surface area contributed by atoms with E-state index in [2.05, 4.69) is 15.3 Å². The van der Waals surface area contributed by atoms with Gasteiger partial charge in [0.25, 0.3) is 10.0 Å². The van der Waals surface area contributed by atoms with Gasteiger partial charge in [0.2, 0.25) is 0 Å². The number of nitrogens with zero attached hydrogens (tertiary/aromatic N) is 5. The molecule has 3 rings (SSSR count). The van der Waals surface area contributed by atoms with Gasteiger partial charge in [-0.25, -0.2) is 18.1 Å². The third-order valence-electron chi connectivity index (χ3n) is 3.91. The highest BCUT2D eigenvalue weighted by Crippen LogP contribution is 2.29. The molecule has 0 spiro atoms. The highest BCUT2D eigenvalue weighted by atomic mass is 32.2. The van der Waals surface area contributed by atoms with Gasteiger partial charge in [0.15, 0.2) is 4.21 Å². The lowest BCUT2D eigenvalue weighted by atomic mass is 10.1. The molecule has 0 aromatic carbocycles. The number of hydrogen-bond acceptors (Lipinski definition) is 6. The summed E-state index contributed by atoms with van der Waals surface area (Å²) in [5, 5.41) is 8.65. The molecule has 0 amide bonds. The number of hydrogen-bond donors (Lipinski definition) is 0.